The lowest BCUT2D eigenvalue weighted by Crippen LogP contribution is -1.96. The largest absolute Gasteiger partial charge is 0.203 e. The van der Waals surface area contributed by atoms with Crippen molar-refractivity contribution >= 4 is 0 Å². The molecule has 0 heterocycles. The number of benzene rings is 3. The summed E-state index contributed by atoms with van der Waals surface area (Å²) in [7, 11) is 0. The Morgan fingerprint density at radius 1 is 0.571 bits per heavy atom. The van der Waals surface area contributed by atoms with Gasteiger partial charge < -0.3 is 0 Å². The second-order valence-electron chi connectivity index (χ2n) is 6.38. The van der Waals surface area contributed by atoms with Crippen LogP contribution >= 0.6 is 0 Å². The summed E-state index contributed by atoms with van der Waals surface area (Å²) in [5.74, 6) is 10.1. The number of halogens is 2. The summed E-state index contributed by atoms with van der Waals surface area (Å²) < 4.78 is 27.9. The average Bonchev–Trinajstić information content (AvgIpc) is 2.74. The van der Waals surface area contributed by atoms with Crippen molar-refractivity contribution in [2.75, 3.05) is 0 Å². The van der Waals surface area contributed by atoms with Crippen LogP contribution < -0.4 is 0 Å². The molecule has 3 aromatic carbocycles. The quantitative estimate of drug-likeness (QED) is 0.494. The van der Waals surface area contributed by atoms with Crippen molar-refractivity contribution in [2.24, 2.45) is 0 Å². The third-order valence-electron chi connectivity index (χ3n) is 4.48. The molecule has 0 bridgehead atoms. The zero-order chi connectivity index (χ0) is 19.9. The maximum absolute atomic E-state index is 14.0. The summed E-state index contributed by atoms with van der Waals surface area (Å²) in [5.41, 5.74) is 4.26. The van der Waals surface area contributed by atoms with Gasteiger partial charge >= 0.3 is 0 Å². The first kappa shape index (κ1) is 19.4. The van der Waals surface area contributed by atoms with Gasteiger partial charge in [-0.2, -0.15) is 0 Å². The Labute approximate surface area is 165 Å². The second-order valence-corrected chi connectivity index (χ2v) is 6.38. The highest BCUT2D eigenvalue weighted by atomic mass is 19.2. The Balaban J connectivity index is 1.75. The van der Waals surface area contributed by atoms with E-state index in [0.717, 1.165) is 23.1 Å². The number of hydrogen-bond acceptors (Lipinski definition) is 0. The Morgan fingerprint density at radius 3 is 1.57 bits per heavy atom. The average molecular weight is 370 g/mol. The van der Waals surface area contributed by atoms with Crippen molar-refractivity contribution in [1.82, 2.24) is 0 Å². The van der Waals surface area contributed by atoms with Crippen molar-refractivity contribution in [1.29, 1.82) is 0 Å². The molecule has 0 saturated carbocycles. The van der Waals surface area contributed by atoms with Crippen LogP contribution in [-0.2, 0) is 12.8 Å². The smallest absolute Gasteiger partial charge is 0.174 e. The molecule has 3 aromatic rings. The maximum Gasteiger partial charge on any atom is 0.174 e. The van der Waals surface area contributed by atoms with Crippen molar-refractivity contribution in [3.63, 3.8) is 0 Å². The molecule has 0 aliphatic rings. The van der Waals surface area contributed by atoms with Crippen molar-refractivity contribution in [2.45, 2.75) is 26.7 Å². The molecule has 0 aliphatic heterocycles. The molecular weight excluding hydrogens is 350 g/mol. The van der Waals surface area contributed by atoms with E-state index in [1.807, 2.05) is 36.4 Å². The molecule has 0 aromatic heterocycles. The van der Waals surface area contributed by atoms with Gasteiger partial charge in [-0.25, -0.2) is 8.78 Å². The molecule has 0 fully saturated rings. The molecule has 0 N–H and O–H groups in total. The summed E-state index contributed by atoms with van der Waals surface area (Å²) in [6.45, 7) is 3.91. The monoisotopic (exact) mass is 370 g/mol. The highest BCUT2D eigenvalue weighted by Crippen LogP contribution is 2.16. The molecule has 3 rings (SSSR count). The molecule has 0 aliphatic carbocycles. The van der Waals surface area contributed by atoms with E-state index in [0.29, 0.717) is 12.0 Å². The van der Waals surface area contributed by atoms with E-state index in [2.05, 4.69) is 42.7 Å². The van der Waals surface area contributed by atoms with Gasteiger partial charge in [0.25, 0.3) is 0 Å². The fourth-order valence-corrected chi connectivity index (χ4v) is 2.70. The minimum atomic E-state index is -0.886. The normalized spacial score (nSPS) is 9.86. The van der Waals surface area contributed by atoms with Crippen molar-refractivity contribution in [3.8, 4) is 23.7 Å². The van der Waals surface area contributed by atoms with Crippen LogP contribution in [-0.4, -0.2) is 0 Å². The summed E-state index contributed by atoms with van der Waals surface area (Å²) in [4.78, 5) is 0. The van der Waals surface area contributed by atoms with Gasteiger partial charge in [0.15, 0.2) is 11.6 Å². The molecule has 0 amide bonds. The van der Waals surface area contributed by atoms with Crippen LogP contribution in [0, 0.1) is 35.3 Å². The van der Waals surface area contributed by atoms with Crippen LogP contribution in [0.3, 0.4) is 0 Å². The molecule has 0 unspecified atom stereocenters. The van der Waals surface area contributed by atoms with Crippen molar-refractivity contribution in [3.05, 3.63) is 106 Å². The highest BCUT2D eigenvalue weighted by molar-refractivity contribution is 5.48. The lowest BCUT2D eigenvalue weighted by molar-refractivity contribution is 0.498. The predicted octanol–water partition coefficient (Wildman–Crippen LogP) is 5.89. The lowest BCUT2D eigenvalue weighted by Gasteiger charge is -2.02. The van der Waals surface area contributed by atoms with E-state index < -0.39 is 11.6 Å². The van der Waals surface area contributed by atoms with Gasteiger partial charge in [0, 0.05) is 16.7 Å². The summed E-state index contributed by atoms with van der Waals surface area (Å²) in [5, 5.41) is 0. The summed E-state index contributed by atoms with van der Waals surface area (Å²) in [6.07, 6.45) is 1.46. The standard InChI is InChI=1S/C26H20F2/c1-3-19-5-7-20(8-6-19)9-10-21-11-13-22(14-12-21)15-16-24-18-17-23(4-2)25(27)26(24)28/h5-8,11-14,17-18H,3-4H2,1-2H3. The zero-order valence-corrected chi connectivity index (χ0v) is 15.9. The van der Waals surface area contributed by atoms with E-state index in [-0.39, 0.29) is 5.56 Å². The SMILES string of the molecule is CCc1ccc(C#Cc2ccc(C#Cc3ccc(CC)c(F)c3F)cc2)cc1. The molecule has 0 radical (unpaired) electrons. The minimum absolute atomic E-state index is 0.0640. The second kappa shape index (κ2) is 9.03. The van der Waals surface area contributed by atoms with Gasteiger partial charge in [0.2, 0.25) is 0 Å². The molecule has 0 spiro atoms. The molecule has 2 heteroatoms. The Kier molecular flexibility index (Phi) is 6.25. The van der Waals surface area contributed by atoms with E-state index >= 15 is 0 Å². The minimum Gasteiger partial charge on any atom is -0.203 e. The van der Waals surface area contributed by atoms with Crippen LogP contribution in [0.4, 0.5) is 8.78 Å². The van der Waals surface area contributed by atoms with Crippen LogP contribution in [0.15, 0.2) is 60.7 Å². The molecular formula is C26H20F2. The van der Waals surface area contributed by atoms with Gasteiger partial charge in [-0.05, 0) is 66.4 Å². The Morgan fingerprint density at radius 2 is 1.07 bits per heavy atom. The van der Waals surface area contributed by atoms with Gasteiger partial charge in [0.05, 0.1) is 5.56 Å². The van der Waals surface area contributed by atoms with E-state index in [1.165, 1.54) is 11.6 Å². The highest BCUT2D eigenvalue weighted by Gasteiger charge is 2.10. The fraction of sp³-hybridized carbons (Fsp3) is 0.154. The van der Waals surface area contributed by atoms with Crippen molar-refractivity contribution < 1.29 is 8.78 Å². The third-order valence-corrected chi connectivity index (χ3v) is 4.48. The molecule has 0 saturated heterocycles. The van der Waals surface area contributed by atoms with Gasteiger partial charge in [-0.3, -0.25) is 0 Å². The Bertz CT molecular complexity index is 1080. The molecule has 0 atom stereocenters. The molecule has 138 valence electrons. The van der Waals surface area contributed by atoms with Gasteiger partial charge in [0.1, 0.15) is 0 Å². The topological polar surface area (TPSA) is 0 Å². The van der Waals surface area contributed by atoms with E-state index in [1.54, 1.807) is 13.0 Å². The predicted molar refractivity (Wildman–Crippen MR) is 110 cm³/mol. The first-order valence-electron chi connectivity index (χ1n) is 9.30. The fourth-order valence-electron chi connectivity index (χ4n) is 2.70. The van der Waals surface area contributed by atoms with Crippen LogP contribution in [0.5, 0.6) is 0 Å². The first-order chi connectivity index (χ1) is 13.6. The summed E-state index contributed by atoms with van der Waals surface area (Å²) in [6, 6.07) is 18.7. The van der Waals surface area contributed by atoms with Crippen LogP contribution in [0.1, 0.15) is 47.2 Å². The van der Waals surface area contributed by atoms with E-state index in [9.17, 15) is 8.78 Å². The lowest BCUT2D eigenvalue weighted by atomic mass is 10.1. The summed E-state index contributed by atoms with van der Waals surface area (Å²) >= 11 is 0. The third kappa shape index (κ3) is 4.67. The number of rotatable bonds is 2. The molecule has 28 heavy (non-hydrogen) atoms. The molecule has 0 nitrogen and oxygen atoms in total. The van der Waals surface area contributed by atoms with Crippen LogP contribution in [0.2, 0.25) is 0 Å². The zero-order valence-electron chi connectivity index (χ0n) is 15.9. The van der Waals surface area contributed by atoms with Gasteiger partial charge in [-0.1, -0.05) is 55.7 Å². The van der Waals surface area contributed by atoms with Gasteiger partial charge in [-0.15, -0.1) is 0 Å². The van der Waals surface area contributed by atoms with Crippen LogP contribution in [0.25, 0.3) is 0 Å². The first-order valence-corrected chi connectivity index (χ1v) is 9.30. The Hall–Kier alpha value is -3.36. The number of aryl methyl sites for hydroxylation is 2. The number of hydrogen-bond donors (Lipinski definition) is 0. The van der Waals surface area contributed by atoms with E-state index in [4.69, 9.17) is 0 Å². The maximum atomic E-state index is 14.0.